The van der Waals surface area contributed by atoms with Gasteiger partial charge in [0, 0.05) is 6.08 Å². The highest BCUT2D eigenvalue weighted by Crippen LogP contribution is 2.28. The maximum atomic E-state index is 12.0. The van der Waals surface area contributed by atoms with Crippen molar-refractivity contribution in [3.63, 3.8) is 0 Å². The van der Waals surface area contributed by atoms with E-state index in [1.165, 1.54) is 0 Å². The van der Waals surface area contributed by atoms with Gasteiger partial charge in [-0.3, -0.25) is 0 Å². The Hall–Kier alpha value is -1.06. The van der Waals surface area contributed by atoms with Gasteiger partial charge >= 0.3 is 6.18 Å². The number of allylic oxidation sites excluding steroid dienone is 4. The largest absolute Gasteiger partial charge is 0.416 e. The molecule has 0 amide bonds. The minimum Gasteiger partial charge on any atom is -0.361 e. The van der Waals surface area contributed by atoms with Crippen LogP contribution in [0.2, 0.25) is 0 Å². The van der Waals surface area contributed by atoms with Crippen LogP contribution in [0.25, 0.3) is 5.53 Å². The van der Waals surface area contributed by atoms with Gasteiger partial charge < -0.3 is 5.53 Å². The molecule has 2 nitrogen and oxygen atoms in total. The fourth-order valence-corrected chi connectivity index (χ4v) is 0.821. The third-order valence-electron chi connectivity index (χ3n) is 1.44. The molecule has 0 saturated heterocycles. The highest BCUT2D eigenvalue weighted by molar-refractivity contribution is 5.93. The van der Waals surface area contributed by atoms with E-state index in [0.717, 1.165) is 18.2 Å². The summed E-state index contributed by atoms with van der Waals surface area (Å²) in [6.07, 6.45) is -1.28. The Kier molecular flexibility index (Phi) is 3.91. The van der Waals surface area contributed by atoms with Crippen molar-refractivity contribution in [2.45, 2.75) is 12.6 Å². The number of hydrogen-bond acceptors (Lipinski definition) is 0. The van der Waals surface area contributed by atoms with Crippen molar-refractivity contribution in [2.24, 2.45) is 0 Å². The second-order valence-electron chi connectivity index (χ2n) is 2.29. The molecule has 0 heterocycles. The lowest BCUT2D eigenvalue weighted by Gasteiger charge is -2.08. The highest BCUT2D eigenvalue weighted by Gasteiger charge is 2.33. The first kappa shape index (κ1) is 11.9. The van der Waals surface area contributed by atoms with Crippen molar-refractivity contribution in [1.29, 1.82) is 0 Å². The number of rotatable bonds is 0. The molecule has 0 spiro atoms. The van der Waals surface area contributed by atoms with Crippen LogP contribution in [0.4, 0.5) is 13.2 Å². The molecule has 72 valence electrons. The minimum atomic E-state index is -4.31. The monoisotopic (exact) mass is 210 g/mol. The lowest BCUT2D eigenvalue weighted by molar-refractivity contribution is -0.0885. The fourth-order valence-electron chi connectivity index (χ4n) is 0.821. The Morgan fingerprint density at radius 1 is 1.31 bits per heavy atom. The Bertz CT molecular complexity index is 297. The van der Waals surface area contributed by atoms with Crippen molar-refractivity contribution in [3.05, 3.63) is 29.3 Å². The van der Waals surface area contributed by atoms with Gasteiger partial charge in [-0.25, -0.2) is 0 Å². The summed E-state index contributed by atoms with van der Waals surface area (Å²) in [6.45, 7) is 0. The van der Waals surface area contributed by atoms with E-state index >= 15 is 0 Å². The third-order valence-corrected chi connectivity index (χ3v) is 1.44. The summed E-state index contributed by atoms with van der Waals surface area (Å²) >= 11 is 0. The van der Waals surface area contributed by atoms with E-state index in [1.54, 1.807) is 0 Å². The number of hydrogen-bond donors (Lipinski definition) is 0. The van der Waals surface area contributed by atoms with Crippen molar-refractivity contribution in [1.82, 2.24) is 0 Å². The average Bonchev–Trinajstić information content (AvgIpc) is 2.03. The normalized spacial score (nSPS) is 15.9. The van der Waals surface area contributed by atoms with Gasteiger partial charge in [-0.05, 0) is 6.08 Å². The first-order valence-corrected chi connectivity index (χ1v) is 3.20. The van der Waals surface area contributed by atoms with Crippen LogP contribution in [-0.4, -0.2) is 16.7 Å². The van der Waals surface area contributed by atoms with Gasteiger partial charge in [-0.2, -0.15) is 18.0 Å². The molecule has 13 heavy (non-hydrogen) atoms. The molecular weight excluding hydrogens is 205 g/mol. The summed E-state index contributed by atoms with van der Waals surface area (Å²) in [5, 5.41) is 0. The van der Waals surface area contributed by atoms with Crippen LogP contribution >= 0.6 is 12.4 Å². The van der Waals surface area contributed by atoms with Gasteiger partial charge in [0.25, 0.3) is 5.71 Å². The van der Waals surface area contributed by atoms with Gasteiger partial charge in [0.05, 0.1) is 12.0 Å². The van der Waals surface area contributed by atoms with Crippen LogP contribution in [0.5, 0.6) is 0 Å². The van der Waals surface area contributed by atoms with Gasteiger partial charge in [-0.1, -0.05) is 6.08 Å². The molecule has 0 saturated carbocycles. The van der Waals surface area contributed by atoms with Crippen LogP contribution in [-0.2, 0) is 0 Å². The summed E-state index contributed by atoms with van der Waals surface area (Å²) in [6, 6.07) is 0. The topological polar surface area (TPSA) is 36.4 Å². The van der Waals surface area contributed by atoms with Gasteiger partial charge in [-0.15, -0.1) is 12.4 Å². The van der Waals surface area contributed by atoms with Crippen molar-refractivity contribution in [2.75, 3.05) is 0 Å². The number of nitrogens with zero attached hydrogens (tertiary/aromatic N) is 2. The molecule has 0 fully saturated rings. The van der Waals surface area contributed by atoms with Gasteiger partial charge in [0.1, 0.15) is 0 Å². The SMILES string of the molecule is Cl.[N-]=[N+]=C1C=CC(C(F)(F)F)=CC1. The molecule has 0 unspecified atom stereocenters. The summed E-state index contributed by atoms with van der Waals surface area (Å²) in [5.41, 5.74) is 7.73. The van der Waals surface area contributed by atoms with Gasteiger partial charge in [0.2, 0.25) is 0 Å². The molecule has 1 rings (SSSR count). The second-order valence-corrected chi connectivity index (χ2v) is 2.29. The Balaban J connectivity index is 0.00000144. The zero-order valence-corrected chi connectivity index (χ0v) is 7.19. The Morgan fingerprint density at radius 3 is 2.23 bits per heavy atom. The van der Waals surface area contributed by atoms with E-state index in [9.17, 15) is 13.2 Å². The molecule has 0 N–H and O–H groups in total. The molecule has 1 aliphatic carbocycles. The zero-order valence-electron chi connectivity index (χ0n) is 6.38. The quantitative estimate of drug-likeness (QED) is 0.435. The lowest BCUT2D eigenvalue weighted by atomic mass is 10.1. The van der Waals surface area contributed by atoms with Crippen LogP contribution in [0.3, 0.4) is 0 Å². The summed E-state index contributed by atoms with van der Waals surface area (Å²) in [7, 11) is 0. The Labute approximate surface area is 78.8 Å². The maximum absolute atomic E-state index is 12.0. The molecule has 6 heteroatoms. The standard InChI is InChI=1S/C7H5F3N2.ClH/c8-7(9,10)5-1-3-6(12-11)4-2-5;/h1-3H,4H2;1H. The third kappa shape index (κ3) is 3.05. The molecule has 0 radical (unpaired) electrons. The molecule has 0 aromatic rings. The zero-order chi connectivity index (χ0) is 9.19. The predicted octanol–water partition coefficient (Wildman–Crippen LogP) is 2.53. The molecular formula is C7H6ClF3N2. The van der Waals surface area contributed by atoms with Gasteiger partial charge in [0.15, 0.2) is 0 Å². The lowest BCUT2D eigenvalue weighted by Crippen LogP contribution is -2.13. The fraction of sp³-hybridized carbons (Fsp3) is 0.286. The Morgan fingerprint density at radius 2 is 1.92 bits per heavy atom. The van der Waals surface area contributed by atoms with Crippen LogP contribution in [0, 0.1) is 0 Å². The molecule has 0 atom stereocenters. The van der Waals surface area contributed by atoms with Crippen molar-refractivity contribution in [3.8, 4) is 0 Å². The highest BCUT2D eigenvalue weighted by atomic mass is 35.5. The summed E-state index contributed by atoms with van der Waals surface area (Å²) < 4.78 is 35.9. The van der Waals surface area contributed by atoms with Crippen LogP contribution < -0.4 is 0 Å². The van der Waals surface area contributed by atoms with Crippen LogP contribution in [0.1, 0.15) is 6.42 Å². The molecule has 0 aromatic carbocycles. The second kappa shape index (κ2) is 4.25. The number of halogens is 4. The van der Waals surface area contributed by atoms with Crippen molar-refractivity contribution >= 4 is 18.1 Å². The summed E-state index contributed by atoms with van der Waals surface area (Å²) in [4.78, 5) is 2.78. The first-order chi connectivity index (χ1) is 5.54. The maximum Gasteiger partial charge on any atom is 0.416 e. The van der Waals surface area contributed by atoms with E-state index in [2.05, 4.69) is 4.79 Å². The van der Waals surface area contributed by atoms with E-state index in [-0.39, 0.29) is 24.5 Å². The molecule has 0 aliphatic heterocycles. The molecule has 0 bridgehead atoms. The molecule has 1 aliphatic rings. The number of alkyl halides is 3. The molecule has 0 aromatic heterocycles. The predicted molar refractivity (Wildman–Crippen MR) is 43.8 cm³/mol. The van der Waals surface area contributed by atoms with E-state index < -0.39 is 11.7 Å². The van der Waals surface area contributed by atoms with Crippen molar-refractivity contribution < 1.29 is 18.0 Å². The smallest absolute Gasteiger partial charge is 0.361 e. The first-order valence-electron chi connectivity index (χ1n) is 3.20. The van der Waals surface area contributed by atoms with E-state index in [1.807, 2.05) is 0 Å². The minimum absolute atomic E-state index is 0. The summed E-state index contributed by atoms with van der Waals surface area (Å²) in [5.74, 6) is 0. The average molecular weight is 211 g/mol. The van der Waals surface area contributed by atoms with E-state index in [0.29, 0.717) is 0 Å². The van der Waals surface area contributed by atoms with Crippen LogP contribution in [0.15, 0.2) is 23.8 Å². The van der Waals surface area contributed by atoms with E-state index in [4.69, 9.17) is 5.53 Å².